The van der Waals surface area contributed by atoms with Gasteiger partial charge in [-0.05, 0) is 93.6 Å². The third kappa shape index (κ3) is 4.73. The molecular weight excluding hydrogens is 390 g/mol. The number of hydrogen-bond acceptors (Lipinski definition) is 4. The Morgan fingerprint density at radius 3 is 2.46 bits per heavy atom. The maximum atomic E-state index is 12.7. The summed E-state index contributed by atoms with van der Waals surface area (Å²) in [5.74, 6) is 1.14. The summed E-state index contributed by atoms with van der Waals surface area (Å²) in [6.07, 6.45) is 3.72. The zero-order valence-electron chi connectivity index (χ0n) is 16.8. The Balaban J connectivity index is 1.58. The second-order valence-electron chi connectivity index (χ2n) is 7.46. The van der Waals surface area contributed by atoms with Crippen LogP contribution >= 0.6 is 23.4 Å². The molecule has 1 heterocycles. The summed E-state index contributed by atoms with van der Waals surface area (Å²) in [7, 11) is 0. The molecule has 2 aromatic carbocycles. The van der Waals surface area contributed by atoms with E-state index in [4.69, 9.17) is 16.3 Å². The van der Waals surface area contributed by atoms with E-state index in [1.54, 1.807) is 18.7 Å². The number of ether oxygens (including phenoxy) is 1. The molecule has 1 fully saturated rings. The predicted octanol–water partition coefficient (Wildman–Crippen LogP) is 5.37. The lowest BCUT2D eigenvalue weighted by molar-refractivity contribution is -0.124. The molecule has 2 aromatic rings. The minimum Gasteiger partial charge on any atom is -0.492 e. The number of carbonyl (C=O) groups is 1. The third-order valence-corrected chi connectivity index (χ3v) is 6.81. The van der Waals surface area contributed by atoms with Crippen molar-refractivity contribution in [2.24, 2.45) is 0 Å². The molecule has 150 valence electrons. The Morgan fingerprint density at radius 2 is 1.86 bits per heavy atom. The highest BCUT2D eigenvalue weighted by molar-refractivity contribution is 7.98. The predicted molar refractivity (Wildman–Crippen MR) is 118 cm³/mol. The van der Waals surface area contributed by atoms with Gasteiger partial charge >= 0.3 is 0 Å². The van der Waals surface area contributed by atoms with Crippen LogP contribution in [0.15, 0.2) is 47.4 Å². The van der Waals surface area contributed by atoms with Gasteiger partial charge in [0, 0.05) is 16.5 Å². The Labute approximate surface area is 177 Å². The van der Waals surface area contributed by atoms with E-state index >= 15 is 0 Å². The number of likely N-dealkylation sites (tertiary alicyclic amines) is 1. The van der Waals surface area contributed by atoms with Crippen LogP contribution in [0.1, 0.15) is 30.9 Å². The first-order chi connectivity index (χ1) is 13.4. The first-order valence-corrected chi connectivity index (χ1v) is 11.3. The van der Waals surface area contributed by atoms with Gasteiger partial charge in [-0.1, -0.05) is 17.7 Å². The van der Waals surface area contributed by atoms with Gasteiger partial charge in [0.05, 0.1) is 5.41 Å². The van der Waals surface area contributed by atoms with Gasteiger partial charge in [-0.25, -0.2) is 0 Å². The van der Waals surface area contributed by atoms with Gasteiger partial charge in [-0.2, -0.15) is 0 Å². The van der Waals surface area contributed by atoms with E-state index in [9.17, 15) is 4.79 Å². The number of rotatable bonds is 7. The number of halogens is 1. The average Bonchev–Trinajstić information content (AvgIpc) is 2.71. The van der Waals surface area contributed by atoms with Gasteiger partial charge in [-0.3, -0.25) is 9.69 Å². The van der Waals surface area contributed by atoms with Crippen LogP contribution in [0.4, 0.5) is 0 Å². The van der Waals surface area contributed by atoms with Crippen LogP contribution in [0.2, 0.25) is 5.02 Å². The quantitative estimate of drug-likeness (QED) is 0.566. The summed E-state index contributed by atoms with van der Waals surface area (Å²) in [6, 6.07) is 14.1. The maximum Gasteiger partial charge on any atom is 0.140 e. The number of Topliss-reactive ketones (excluding diaryl/α,β-unsaturated/α-hetero) is 1. The molecule has 3 rings (SSSR count). The molecule has 0 saturated carbocycles. The smallest absolute Gasteiger partial charge is 0.140 e. The number of nitrogens with zero attached hydrogens (tertiary/aromatic N) is 1. The first kappa shape index (κ1) is 21.2. The highest BCUT2D eigenvalue weighted by atomic mass is 35.5. The van der Waals surface area contributed by atoms with Gasteiger partial charge in [0.25, 0.3) is 0 Å². The van der Waals surface area contributed by atoms with Crippen LogP contribution in [0.25, 0.3) is 0 Å². The van der Waals surface area contributed by atoms with Crippen molar-refractivity contribution in [3.8, 4) is 5.75 Å². The van der Waals surface area contributed by atoms with Crippen molar-refractivity contribution in [1.82, 2.24) is 4.90 Å². The molecule has 0 atom stereocenters. The van der Waals surface area contributed by atoms with Gasteiger partial charge < -0.3 is 4.74 Å². The Kier molecular flexibility index (Phi) is 7.08. The molecule has 0 radical (unpaired) electrons. The summed E-state index contributed by atoms with van der Waals surface area (Å²) < 4.78 is 5.89. The van der Waals surface area contributed by atoms with Crippen molar-refractivity contribution in [2.45, 2.75) is 37.0 Å². The summed E-state index contributed by atoms with van der Waals surface area (Å²) >= 11 is 7.96. The summed E-state index contributed by atoms with van der Waals surface area (Å²) in [5, 5.41) is 0.699. The number of thioether (sulfide) groups is 1. The highest BCUT2D eigenvalue weighted by Crippen LogP contribution is 2.39. The van der Waals surface area contributed by atoms with E-state index < -0.39 is 5.41 Å². The van der Waals surface area contributed by atoms with E-state index in [1.165, 1.54) is 4.90 Å². The number of piperidine rings is 1. The van der Waals surface area contributed by atoms with Crippen molar-refractivity contribution in [3.63, 3.8) is 0 Å². The van der Waals surface area contributed by atoms with Gasteiger partial charge in [0.1, 0.15) is 18.1 Å². The summed E-state index contributed by atoms with van der Waals surface area (Å²) in [4.78, 5) is 16.3. The fourth-order valence-electron chi connectivity index (χ4n) is 4.04. The zero-order chi connectivity index (χ0) is 20.1. The molecule has 0 aliphatic carbocycles. The lowest BCUT2D eigenvalue weighted by Gasteiger charge is -2.41. The van der Waals surface area contributed by atoms with Crippen molar-refractivity contribution in [2.75, 3.05) is 32.5 Å². The topological polar surface area (TPSA) is 29.5 Å². The normalized spacial score (nSPS) is 16.7. The molecule has 0 N–H and O–H groups in total. The molecule has 0 amide bonds. The van der Waals surface area contributed by atoms with Gasteiger partial charge in [0.2, 0.25) is 0 Å². The average molecular weight is 418 g/mol. The largest absolute Gasteiger partial charge is 0.492 e. The van der Waals surface area contributed by atoms with Crippen molar-refractivity contribution < 1.29 is 9.53 Å². The van der Waals surface area contributed by atoms with E-state index in [-0.39, 0.29) is 5.78 Å². The lowest BCUT2D eigenvalue weighted by atomic mass is 9.69. The lowest BCUT2D eigenvalue weighted by Crippen LogP contribution is -2.47. The van der Waals surface area contributed by atoms with Crippen molar-refractivity contribution in [1.29, 1.82) is 0 Å². The Bertz CT molecular complexity index is 814. The molecule has 0 unspecified atom stereocenters. The zero-order valence-corrected chi connectivity index (χ0v) is 18.4. The third-order valence-electron chi connectivity index (χ3n) is 5.83. The molecular formula is C23H28ClNO2S. The number of aryl methyl sites for hydroxylation is 1. The standard InChI is InChI=1S/C23H28ClNO2S/c1-17-4-5-19(24)16-22(17)23(18(2)26)10-12-25(13-11-23)14-15-27-20-6-8-21(28-3)9-7-20/h4-9,16H,10-15H2,1-3H3. The minimum absolute atomic E-state index is 0.239. The maximum absolute atomic E-state index is 12.7. The molecule has 1 saturated heterocycles. The highest BCUT2D eigenvalue weighted by Gasteiger charge is 2.41. The van der Waals surface area contributed by atoms with Gasteiger partial charge in [0.15, 0.2) is 0 Å². The molecule has 1 aliphatic rings. The van der Waals surface area contributed by atoms with Crippen LogP contribution in [0.5, 0.6) is 5.75 Å². The monoisotopic (exact) mass is 417 g/mol. The SMILES string of the molecule is CSc1ccc(OCCN2CCC(C(C)=O)(c3cc(Cl)ccc3C)CC2)cc1. The molecule has 0 bridgehead atoms. The number of benzene rings is 2. The fourth-order valence-corrected chi connectivity index (χ4v) is 4.62. The molecule has 28 heavy (non-hydrogen) atoms. The van der Waals surface area contributed by atoms with Crippen LogP contribution < -0.4 is 4.74 Å². The molecule has 0 spiro atoms. The summed E-state index contributed by atoms with van der Waals surface area (Å²) in [6.45, 7) is 7.09. The second kappa shape index (κ2) is 9.34. The molecule has 5 heteroatoms. The van der Waals surface area contributed by atoms with E-state index in [0.29, 0.717) is 11.6 Å². The van der Waals surface area contributed by atoms with E-state index in [1.807, 2.05) is 30.3 Å². The van der Waals surface area contributed by atoms with Crippen LogP contribution in [-0.2, 0) is 10.2 Å². The molecule has 0 aromatic heterocycles. The number of hydrogen-bond donors (Lipinski definition) is 0. The minimum atomic E-state index is -0.417. The van der Waals surface area contributed by atoms with Crippen LogP contribution in [-0.4, -0.2) is 43.2 Å². The molecule has 1 aliphatic heterocycles. The van der Waals surface area contributed by atoms with Crippen molar-refractivity contribution >= 4 is 29.1 Å². The second-order valence-corrected chi connectivity index (χ2v) is 8.78. The van der Waals surface area contributed by atoms with Gasteiger partial charge in [-0.15, -0.1) is 11.8 Å². The molecule has 3 nitrogen and oxygen atoms in total. The van der Waals surface area contributed by atoms with Crippen molar-refractivity contribution in [3.05, 3.63) is 58.6 Å². The van der Waals surface area contributed by atoms with E-state index in [2.05, 4.69) is 30.2 Å². The Hall–Kier alpha value is -1.49. The summed E-state index contributed by atoms with van der Waals surface area (Å²) in [5.41, 5.74) is 1.82. The first-order valence-electron chi connectivity index (χ1n) is 9.71. The number of ketones is 1. The van der Waals surface area contributed by atoms with Crippen LogP contribution in [0.3, 0.4) is 0 Å². The number of carbonyl (C=O) groups excluding carboxylic acids is 1. The van der Waals surface area contributed by atoms with E-state index in [0.717, 1.165) is 49.4 Å². The van der Waals surface area contributed by atoms with Crippen LogP contribution in [0, 0.1) is 6.92 Å². The fraction of sp³-hybridized carbons (Fsp3) is 0.435. The Morgan fingerprint density at radius 1 is 1.18 bits per heavy atom.